The molecule has 2 aliphatic rings. The lowest BCUT2D eigenvalue weighted by atomic mass is 9.90. The van der Waals surface area contributed by atoms with E-state index < -0.39 is 11.6 Å². The van der Waals surface area contributed by atoms with Crippen LogP contribution in [0, 0.1) is 0 Å². The molecule has 6 heteroatoms. The zero-order valence-corrected chi connectivity index (χ0v) is 9.91. The molecule has 2 saturated heterocycles. The van der Waals surface area contributed by atoms with Crippen LogP contribution in [0.25, 0.3) is 0 Å². The third-order valence-electron chi connectivity index (χ3n) is 3.36. The number of hydrogen-bond acceptors (Lipinski definition) is 5. The highest BCUT2D eigenvalue weighted by atomic mass is 16.5. The smallest absolute Gasteiger partial charge is 0.250 e. The van der Waals surface area contributed by atoms with Crippen molar-refractivity contribution in [2.45, 2.75) is 24.5 Å². The van der Waals surface area contributed by atoms with E-state index in [0.717, 1.165) is 6.54 Å². The third-order valence-corrected chi connectivity index (χ3v) is 3.36. The molecule has 0 aromatic heterocycles. The van der Waals surface area contributed by atoms with Gasteiger partial charge in [0.2, 0.25) is 0 Å². The quantitative estimate of drug-likeness (QED) is 0.571. The average molecular weight is 244 g/mol. The number of ether oxygens (including phenoxy) is 2. The van der Waals surface area contributed by atoms with Crippen LogP contribution in [-0.4, -0.2) is 62.2 Å². The molecule has 17 heavy (non-hydrogen) atoms. The van der Waals surface area contributed by atoms with Crippen molar-refractivity contribution in [2.75, 3.05) is 39.5 Å². The molecule has 0 aliphatic carbocycles. The molecule has 2 rings (SSSR count). The van der Waals surface area contributed by atoms with Gasteiger partial charge in [0, 0.05) is 26.3 Å². The Morgan fingerprint density at radius 1 is 1.41 bits per heavy atom. The van der Waals surface area contributed by atoms with Gasteiger partial charge in [-0.1, -0.05) is 0 Å². The predicted octanol–water partition coefficient (Wildman–Crippen LogP) is -1.37. The molecule has 0 radical (unpaired) electrons. The van der Waals surface area contributed by atoms with E-state index >= 15 is 0 Å². The van der Waals surface area contributed by atoms with Gasteiger partial charge in [0.25, 0.3) is 5.91 Å². The number of carbonyl (C=O) groups excluding carboxylic acids is 1. The van der Waals surface area contributed by atoms with Crippen LogP contribution in [0.4, 0.5) is 0 Å². The first-order valence-electron chi connectivity index (χ1n) is 6.09. The van der Waals surface area contributed by atoms with Crippen LogP contribution in [0.3, 0.4) is 0 Å². The largest absolute Gasteiger partial charge is 0.394 e. The molecular formula is C11H20N2O4. The molecule has 0 aromatic rings. The number of nitrogens with one attached hydrogen (secondary N) is 2. The zero-order chi connectivity index (χ0) is 12.1. The first-order valence-corrected chi connectivity index (χ1v) is 6.09. The summed E-state index contributed by atoms with van der Waals surface area (Å²) in [5, 5.41) is 15.5. The first-order chi connectivity index (χ1) is 8.26. The molecule has 0 aromatic carbocycles. The fraction of sp³-hybridized carbons (Fsp3) is 0.909. The lowest BCUT2D eigenvalue weighted by Gasteiger charge is -2.37. The van der Waals surface area contributed by atoms with Gasteiger partial charge in [-0.15, -0.1) is 0 Å². The summed E-state index contributed by atoms with van der Waals surface area (Å²) in [6, 6.07) is 0. The molecule has 1 atom stereocenters. The van der Waals surface area contributed by atoms with Crippen molar-refractivity contribution < 1.29 is 19.4 Å². The summed E-state index contributed by atoms with van der Waals surface area (Å²) in [5.41, 5.74) is -0.532. The second-order valence-electron chi connectivity index (χ2n) is 4.60. The maximum Gasteiger partial charge on any atom is 0.250 e. The minimum atomic E-state index is -0.532. The number of hydrogen-bond donors (Lipinski definition) is 3. The van der Waals surface area contributed by atoms with Crippen LogP contribution in [-0.2, 0) is 14.3 Å². The summed E-state index contributed by atoms with van der Waals surface area (Å²) in [4.78, 5) is 12.0. The minimum absolute atomic E-state index is 0.0533. The topological polar surface area (TPSA) is 79.8 Å². The molecule has 2 heterocycles. The molecule has 1 amide bonds. The maximum absolute atomic E-state index is 12.0. The van der Waals surface area contributed by atoms with E-state index in [1.807, 2.05) is 0 Å². The van der Waals surface area contributed by atoms with E-state index in [4.69, 9.17) is 9.47 Å². The molecule has 6 nitrogen and oxygen atoms in total. The highest BCUT2D eigenvalue weighted by Crippen LogP contribution is 2.20. The van der Waals surface area contributed by atoms with Crippen molar-refractivity contribution in [1.29, 1.82) is 0 Å². The normalized spacial score (nSPS) is 28.6. The Balaban J connectivity index is 1.90. The van der Waals surface area contributed by atoms with Crippen molar-refractivity contribution in [3.8, 4) is 0 Å². The molecule has 98 valence electrons. The Morgan fingerprint density at radius 3 is 2.76 bits per heavy atom. The average Bonchev–Trinajstić information content (AvgIpc) is 2.41. The third kappa shape index (κ3) is 3.16. The minimum Gasteiger partial charge on any atom is -0.394 e. The Morgan fingerprint density at radius 2 is 2.18 bits per heavy atom. The fourth-order valence-electron chi connectivity index (χ4n) is 2.16. The number of carbonyl (C=O) groups is 1. The molecule has 0 bridgehead atoms. The van der Waals surface area contributed by atoms with Gasteiger partial charge in [0.1, 0.15) is 6.10 Å². The van der Waals surface area contributed by atoms with E-state index in [-0.39, 0.29) is 12.5 Å². The second kappa shape index (κ2) is 5.77. The van der Waals surface area contributed by atoms with Gasteiger partial charge in [0.15, 0.2) is 0 Å². The van der Waals surface area contributed by atoms with E-state index in [2.05, 4.69) is 10.6 Å². The first kappa shape index (κ1) is 12.8. The summed E-state index contributed by atoms with van der Waals surface area (Å²) < 4.78 is 10.6. The Hall–Kier alpha value is -0.690. The standard InChI is InChI=1S/C11H20N2O4/c14-8-11(1-4-16-5-2-11)13-10(15)9-7-12-3-6-17-9/h9,12,14H,1-8H2,(H,13,15). The van der Waals surface area contributed by atoms with Crippen LogP contribution in [0.1, 0.15) is 12.8 Å². The Labute approximate surface area is 101 Å². The number of rotatable bonds is 3. The van der Waals surface area contributed by atoms with Crippen molar-refractivity contribution in [3.63, 3.8) is 0 Å². The number of aliphatic hydroxyl groups is 1. The van der Waals surface area contributed by atoms with Gasteiger partial charge in [-0.2, -0.15) is 0 Å². The summed E-state index contributed by atoms with van der Waals surface area (Å²) in [7, 11) is 0. The molecule has 1 unspecified atom stereocenters. The van der Waals surface area contributed by atoms with Crippen molar-refractivity contribution >= 4 is 5.91 Å². The lowest BCUT2D eigenvalue weighted by molar-refractivity contribution is -0.138. The van der Waals surface area contributed by atoms with Gasteiger partial charge in [-0.3, -0.25) is 4.79 Å². The highest BCUT2D eigenvalue weighted by molar-refractivity contribution is 5.82. The Kier molecular flexibility index (Phi) is 4.33. The van der Waals surface area contributed by atoms with E-state index in [0.29, 0.717) is 39.2 Å². The highest BCUT2D eigenvalue weighted by Gasteiger charge is 2.35. The van der Waals surface area contributed by atoms with E-state index in [1.165, 1.54) is 0 Å². The van der Waals surface area contributed by atoms with Crippen LogP contribution in [0.15, 0.2) is 0 Å². The SMILES string of the molecule is O=C(NC1(CO)CCOCC1)C1CNCCO1. The van der Waals surface area contributed by atoms with Gasteiger partial charge in [0.05, 0.1) is 18.8 Å². The van der Waals surface area contributed by atoms with E-state index in [9.17, 15) is 9.90 Å². The van der Waals surface area contributed by atoms with Gasteiger partial charge < -0.3 is 25.2 Å². The van der Waals surface area contributed by atoms with Gasteiger partial charge >= 0.3 is 0 Å². The fourth-order valence-corrected chi connectivity index (χ4v) is 2.16. The monoisotopic (exact) mass is 244 g/mol. The Bertz CT molecular complexity index is 260. The summed E-state index contributed by atoms with van der Waals surface area (Å²) in [5.74, 6) is -0.145. The van der Waals surface area contributed by atoms with Gasteiger partial charge in [-0.05, 0) is 12.8 Å². The van der Waals surface area contributed by atoms with Crippen molar-refractivity contribution in [3.05, 3.63) is 0 Å². The van der Waals surface area contributed by atoms with Crippen LogP contribution < -0.4 is 10.6 Å². The number of morpholine rings is 1. The summed E-state index contributed by atoms with van der Waals surface area (Å²) in [6.45, 7) is 2.96. The summed E-state index contributed by atoms with van der Waals surface area (Å²) >= 11 is 0. The lowest BCUT2D eigenvalue weighted by Crippen LogP contribution is -2.59. The van der Waals surface area contributed by atoms with Crippen LogP contribution >= 0.6 is 0 Å². The molecule has 2 fully saturated rings. The second-order valence-corrected chi connectivity index (χ2v) is 4.60. The molecule has 0 spiro atoms. The molecule has 0 saturated carbocycles. The summed E-state index contributed by atoms with van der Waals surface area (Å²) in [6.07, 6.45) is 0.847. The maximum atomic E-state index is 12.0. The number of aliphatic hydroxyl groups excluding tert-OH is 1. The molecule has 3 N–H and O–H groups in total. The predicted molar refractivity (Wildman–Crippen MR) is 60.6 cm³/mol. The number of amides is 1. The molecule has 2 aliphatic heterocycles. The van der Waals surface area contributed by atoms with Crippen LogP contribution in [0.5, 0.6) is 0 Å². The van der Waals surface area contributed by atoms with Crippen molar-refractivity contribution in [2.24, 2.45) is 0 Å². The van der Waals surface area contributed by atoms with Crippen LogP contribution in [0.2, 0.25) is 0 Å². The van der Waals surface area contributed by atoms with E-state index in [1.54, 1.807) is 0 Å². The van der Waals surface area contributed by atoms with Crippen molar-refractivity contribution in [1.82, 2.24) is 10.6 Å². The zero-order valence-electron chi connectivity index (χ0n) is 9.91. The van der Waals surface area contributed by atoms with Gasteiger partial charge in [-0.25, -0.2) is 0 Å². The molecular weight excluding hydrogens is 224 g/mol.